The Kier molecular flexibility index (Phi) is 5.10. The van der Waals surface area contributed by atoms with Crippen molar-refractivity contribution in [2.75, 3.05) is 12.4 Å². The standard InChI is InChI=1S/C25H22ClN5O3/c1-33-24-15(26)4-2-6-17(24)30-23-20-16(5-3-7-19(20)32)29-22(23)14-10-11-27-18-12-28-25(31-21(14)18)34-13-8-9-13/h2,4,6,10-13,29-30H,3,5,7-9H2,1H3. The summed E-state index contributed by atoms with van der Waals surface area (Å²) in [4.78, 5) is 30.0. The van der Waals surface area contributed by atoms with E-state index >= 15 is 0 Å². The molecule has 1 aromatic carbocycles. The van der Waals surface area contributed by atoms with Crippen molar-refractivity contribution in [2.45, 2.75) is 38.2 Å². The van der Waals surface area contributed by atoms with Gasteiger partial charge in [-0.3, -0.25) is 9.78 Å². The van der Waals surface area contributed by atoms with E-state index in [1.165, 1.54) is 0 Å². The maximum Gasteiger partial charge on any atom is 0.317 e. The zero-order valence-corrected chi connectivity index (χ0v) is 19.3. The number of aromatic amines is 1. The van der Waals surface area contributed by atoms with E-state index in [1.807, 2.05) is 18.2 Å². The summed E-state index contributed by atoms with van der Waals surface area (Å²) >= 11 is 6.36. The number of benzene rings is 1. The third-order valence-corrected chi connectivity index (χ3v) is 6.44. The van der Waals surface area contributed by atoms with Gasteiger partial charge >= 0.3 is 6.01 Å². The van der Waals surface area contributed by atoms with Crippen molar-refractivity contribution >= 4 is 39.8 Å². The van der Waals surface area contributed by atoms with Gasteiger partial charge in [0.1, 0.15) is 17.1 Å². The summed E-state index contributed by atoms with van der Waals surface area (Å²) in [6, 6.07) is 7.69. The van der Waals surface area contributed by atoms with Crippen LogP contribution in [0.3, 0.4) is 0 Å². The first-order valence-electron chi connectivity index (χ1n) is 11.3. The summed E-state index contributed by atoms with van der Waals surface area (Å²) in [5.41, 5.74) is 5.77. The topological polar surface area (TPSA) is 102 Å². The number of aromatic nitrogens is 4. The number of rotatable bonds is 6. The van der Waals surface area contributed by atoms with Crippen LogP contribution in [-0.2, 0) is 6.42 Å². The van der Waals surface area contributed by atoms with Gasteiger partial charge in [0.25, 0.3) is 0 Å². The normalized spacial score (nSPS) is 15.3. The molecule has 0 atom stereocenters. The third-order valence-electron chi connectivity index (χ3n) is 6.14. The molecule has 1 saturated carbocycles. The summed E-state index contributed by atoms with van der Waals surface area (Å²) in [6.07, 6.45) is 7.70. The van der Waals surface area contributed by atoms with Gasteiger partial charge in [-0.2, -0.15) is 4.98 Å². The predicted molar refractivity (Wildman–Crippen MR) is 129 cm³/mol. The Morgan fingerprint density at radius 2 is 2.06 bits per heavy atom. The Morgan fingerprint density at radius 3 is 2.88 bits per heavy atom. The number of Topliss-reactive ketones (excluding diaryl/α,β-unsaturated/α-hetero) is 1. The monoisotopic (exact) mass is 475 g/mol. The second kappa shape index (κ2) is 8.29. The number of hydrogen-bond donors (Lipinski definition) is 2. The zero-order chi connectivity index (χ0) is 23.2. The number of carbonyl (C=O) groups excluding carboxylic acids is 1. The van der Waals surface area contributed by atoms with Crippen LogP contribution in [-0.4, -0.2) is 38.9 Å². The highest BCUT2D eigenvalue weighted by molar-refractivity contribution is 6.32. The number of nitrogens with zero attached hydrogens (tertiary/aromatic N) is 3. The molecule has 0 radical (unpaired) electrons. The number of anilines is 2. The highest BCUT2D eigenvalue weighted by Gasteiger charge is 2.29. The molecule has 9 heteroatoms. The van der Waals surface area contributed by atoms with Crippen LogP contribution in [0.25, 0.3) is 22.3 Å². The first-order valence-corrected chi connectivity index (χ1v) is 11.7. The second-order valence-corrected chi connectivity index (χ2v) is 8.92. The van der Waals surface area contributed by atoms with Crippen LogP contribution >= 0.6 is 11.6 Å². The number of fused-ring (bicyclic) bond motifs is 2. The number of hydrogen-bond acceptors (Lipinski definition) is 7. The zero-order valence-electron chi connectivity index (χ0n) is 18.5. The van der Waals surface area contributed by atoms with Gasteiger partial charge in [-0.05, 0) is 43.9 Å². The number of methoxy groups -OCH3 is 1. The molecule has 3 heterocycles. The van der Waals surface area contributed by atoms with Crippen molar-refractivity contribution in [3.8, 4) is 23.0 Å². The fourth-order valence-electron chi connectivity index (χ4n) is 4.39. The molecule has 1 fully saturated rings. The molecule has 0 aliphatic heterocycles. The van der Waals surface area contributed by atoms with Crippen LogP contribution < -0.4 is 14.8 Å². The van der Waals surface area contributed by atoms with Gasteiger partial charge in [0.2, 0.25) is 0 Å². The highest BCUT2D eigenvalue weighted by Crippen LogP contribution is 2.43. The summed E-state index contributed by atoms with van der Waals surface area (Å²) < 4.78 is 11.4. The third kappa shape index (κ3) is 3.64. The fourth-order valence-corrected chi connectivity index (χ4v) is 4.64. The Bertz CT molecular complexity index is 1430. The van der Waals surface area contributed by atoms with Crippen molar-refractivity contribution in [1.82, 2.24) is 19.9 Å². The number of ketones is 1. The Morgan fingerprint density at radius 1 is 1.18 bits per heavy atom. The number of halogens is 1. The second-order valence-electron chi connectivity index (χ2n) is 8.51. The maximum atomic E-state index is 13.0. The van der Waals surface area contributed by atoms with Crippen molar-refractivity contribution in [2.24, 2.45) is 0 Å². The van der Waals surface area contributed by atoms with Crippen LogP contribution in [0.1, 0.15) is 41.7 Å². The first-order chi connectivity index (χ1) is 16.6. The molecule has 2 aliphatic rings. The number of nitrogens with one attached hydrogen (secondary N) is 2. The van der Waals surface area contributed by atoms with Gasteiger partial charge in [0.05, 0.1) is 41.0 Å². The maximum absolute atomic E-state index is 13.0. The molecule has 3 aromatic heterocycles. The van der Waals surface area contributed by atoms with Gasteiger partial charge in [0.15, 0.2) is 11.5 Å². The smallest absolute Gasteiger partial charge is 0.317 e. The summed E-state index contributed by atoms with van der Waals surface area (Å²) in [5.74, 6) is 0.605. The summed E-state index contributed by atoms with van der Waals surface area (Å²) in [5, 5.41) is 3.92. The Labute approximate surface area is 200 Å². The van der Waals surface area contributed by atoms with Crippen molar-refractivity contribution in [3.63, 3.8) is 0 Å². The minimum atomic E-state index is 0.0954. The Balaban J connectivity index is 1.54. The molecule has 2 aliphatic carbocycles. The minimum Gasteiger partial charge on any atom is -0.493 e. The Hall–Kier alpha value is -3.65. The summed E-state index contributed by atoms with van der Waals surface area (Å²) in [7, 11) is 1.57. The molecule has 34 heavy (non-hydrogen) atoms. The predicted octanol–water partition coefficient (Wildman–Crippen LogP) is 5.49. The molecular weight excluding hydrogens is 454 g/mol. The van der Waals surface area contributed by atoms with Crippen LogP contribution in [0, 0.1) is 0 Å². The molecule has 172 valence electrons. The van der Waals surface area contributed by atoms with Crippen LogP contribution in [0.2, 0.25) is 5.02 Å². The van der Waals surface area contributed by atoms with Crippen molar-refractivity contribution in [1.29, 1.82) is 0 Å². The number of carbonyl (C=O) groups is 1. The lowest BCUT2D eigenvalue weighted by atomic mass is 9.95. The SMILES string of the molecule is COc1c(Cl)cccc1Nc1c(-c2ccnc3cnc(OC4CC4)nc23)[nH]c2c1C(=O)CCC2. The molecule has 0 amide bonds. The lowest BCUT2D eigenvalue weighted by Gasteiger charge is -2.16. The average molecular weight is 476 g/mol. The van der Waals surface area contributed by atoms with E-state index in [4.69, 9.17) is 21.1 Å². The quantitative estimate of drug-likeness (QED) is 0.380. The lowest BCUT2D eigenvalue weighted by Crippen LogP contribution is -2.11. The number of aryl methyl sites for hydroxylation is 1. The van der Waals surface area contributed by atoms with E-state index in [2.05, 4.69) is 25.3 Å². The number of ether oxygens (including phenoxy) is 2. The van der Waals surface area contributed by atoms with Crippen molar-refractivity contribution < 1.29 is 14.3 Å². The number of H-pyrrole nitrogens is 1. The van der Waals surface area contributed by atoms with Gasteiger partial charge in [-0.15, -0.1) is 0 Å². The van der Waals surface area contributed by atoms with E-state index in [0.717, 1.165) is 42.6 Å². The first kappa shape index (κ1) is 20.9. The van der Waals surface area contributed by atoms with Crippen LogP contribution in [0.5, 0.6) is 11.8 Å². The molecule has 0 saturated heterocycles. The van der Waals surface area contributed by atoms with Crippen LogP contribution in [0.15, 0.2) is 36.7 Å². The van der Waals surface area contributed by atoms with Crippen LogP contribution in [0.4, 0.5) is 11.4 Å². The van der Waals surface area contributed by atoms with E-state index in [0.29, 0.717) is 51.2 Å². The summed E-state index contributed by atoms with van der Waals surface area (Å²) in [6.45, 7) is 0. The largest absolute Gasteiger partial charge is 0.493 e. The molecule has 6 rings (SSSR count). The molecule has 8 nitrogen and oxygen atoms in total. The number of para-hydroxylation sites is 1. The molecule has 4 aromatic rings. The van der Waals surface area contributed by atoms with E-state index in [1.54, 1.807) is 25.6 Å². The van der Waals surface area contributed by atoms with Gasteiger partial charge in [0, 0.05) is 23.9 Å². The molecule has 0 spiro atoms. The fraction of sp³-hybridized carbons (Fsp3) is 0.280. The van der Waals surface area contributed by atoms with Crippen molar-refractivity contribution in [3.05, 3.63) is 52.9 Å². The molecular formula is C25H22ClN5O3. The van der Waals surface area contributed by atoms with E-state index < -0.39 is 0 Å². The highest BCUT2D eigenvalue weighted by atomic mass is 35.5. The van der Waals surface area contributed by atoms with E-state index in [-0.39, 0.29) is 11.9 Å². The molecule has 0 bridgehead atoms. The average Bonchev–Trinajstić information content (AvgIpc) is 3.58. The lowest BCUT2D eigenvalue weighted by molar-refractivity contribution is 0.0973. The van der Waals surface area contributed by atoms with Gasteiger partial charge < -0.3 is 19.8 Å². The van der Waals surface area contributed by atoms with E-state index in [9.17, 15) is 4.79 Å². The van der Waals surface area contributed by atoms with Gasteiger partial charge in [-0.1, -0.05) is 17.7 Å². The molecule has 0 unspecified atom stereocenters. The number of pyridine rings is 1. The van der Waals surface area contributed by atoms with Gasteiger partial charge in [-0.25, -0.2) is 4.98 Å². The molecule has 2 N–H and O–H groups in total. The minimum absolute atomic E-state index is 0.0954.